The van der Waals surface area contributed by atoms with Gasteiger partial charge in [0.2, 0.25) is 0 Å². The van der Waals surface area contributed by atoms with Crippen LogP contribution in [0.5, 0.6) is 0 Å². The SMILES string of the molecule is Cc1cc(C)n(C2CC(=O)CCC2C)n1. The topological polar surface area (TPSA) is 34.9 Å². The number of hydrogen-bond acceptors (Lipinski definition) is 2. The highest BCUT2D eigenvalue weighted by Crippen LogP contribution is 2.32. The van der Waals surface area contributed by atoms with Gasteiger partial charge in [-0.2, -0.15) is 5.10 Å². The van der Waals surface area contributed by atoms with Crippen molar-refractivity contribution >= 4 is 5.78 Å². The van der Waals surface area contributed by atoms with Crippen molar-refractivity contribution in [2.75, 3.05) is 0 Å². The predicted octanol–water partition coefficient (Wildman–Crippen LogP) is 2.43. The van der Waals surface area contributed by atoms with Gasteiger partial charge in [0, 0.05) is 18.5 Å². The minimum Gasteiger partial charge on any atom is -0.300 e. The van der Waals surface area contributed by atoms with Gasteiger partial charge in [0.15, 0.2) is 0 Å². The Balaban J connectivity index is 2.28. The number of aryl methyl sites for hydroxylation is 2. The van der Waals surface area contributed by atoms with E-state index in [1.165, 1.54) is 5.69 Å². The average Bonchev–Trinajstić information content (AvgIpc) is 2.50. The van der Waals surface area contributed by atoms with Gasteiger partial charge in [-0.1, -0.05) is 6.92 Å². The van der Waals surface area contributed by atoms with E-state index in [0.29, 0.717) is 18.1 Å². The lowest BCUT2D eigenvalue weighted by atomic mass is 9.85. The molecule has 0 radical (unpaired) electrons. The number of rotatable bonds is 1. The van der Waals surface area contributed by atoms with Crippen molar-refractivity contribution in [2.45, 2.75) is 46.1 Å². The quantitative estimate of drug-likeness (QED) is 0.707. The maximum absolute atomic E-state index is 11.5. The third-order valence-electron chi connectivity index (χ3n) is 3.33. The van der Waals surface area contributed by atoms with E-state index in [9.17, 15) is 4.79 Å². The summed E-state index contributed by atoms with van der Waals surface area (Å²) >= 11 is 0. The van der Waals surface area contributed by atoms with Crippen molar-refractivity contribution in [2.24, 2.45) is 5.92 Å². The zero-order valence-corrected chi connectivity index (χ0v) is 9.66. The van der Waals surface area contributed by atoms with Crippen LogP contribution in [-0.2, 0) is 4.79 Å². The first-order chi connectivity index (χ1) is 7.08. The van der Waals surface area contributed by atoms with E-state index >= 15 is 0 Å². The van der Waals surface area contributed by atoms with Gasteiger partial charge in [-0.3, -0.25) is 9.48 Å². The maximum atomic E-state index is 11.5. The highest BCUT2D eigenvalue weighted by molar-refractivity contribution is 5.79. The molecule has 1 aromatic rings. The summed E-state index contributed by atoms with van der Waals surface area (Å²) in [6.45, 7) is 6.28. The lowest BCUT2D eigenvalue weighted by Crippen LogP contribution is -2.27. The van der Waals surface area contributed by atoms with Crippen molar-refractivity contribution < 1.29 is 4.79 Å². The first kappa shape index (κ1) is 10.4. The molecule has 2 unspecified atom stereocenters. The molecule has 0 saturated heterocycles. The fourth-order valence-corrected chi connectivity index (χ4v) is 2.43. The fourth-order valence-electron chi connectivity index (χ4n) is 2.43. The molecule has 1 saturated carbocycles. The molecule has 1 heterocycles. The summed E-state index contributed by atoms with van der Waals surface area (Å²) in [6.07, 6.45) is 2.40. The molecule has 1 aliphatic carbocycles. The van der Waals surface area contributed by atoms with Gasteiger partial charge in [0.05, 0.1) is 11.7 Å². The van der Waals surface area contributed by atoms with Crippen LogP contribution in [0.4, 0.5) is 0 Å². The maximum Gasteiger partial charge on any atom is 0.135 e. The average molecular weight is 206 g/mol. The summed E-state index contributed by atoms with van der Waals surface area (Å²) in [7, 11) is 0. The van der Waals surface area contributed by atoms with Crippen molar-refractivity contribution in [3.05, 3.63) is 17.5 Å². The molecule has 0 amide bonds. The molecule has 1 aromatic heterocycles. The summed E-state index contributed by atoms with van der Waals surface area (Å²) in [6, 6.07) is 2.35. The molecule has 3 heteroatoms. The van der Waals surface area contributed by atoms with Gasteiger partial charge >= 0.3 is 0 Å². The zero-order valence-electron chi connectivity index (χ0n) is 9.66. The first-order valence-corrected chi connectivity index (χ1v) is 5.62. The van der Waals surface area contributed by atoms with Crippen LogP contribution in [0.1, 0.15) is 43.6 Å². The van der Waals surface area contributed by atoms with E-state index in [1.54, 1.807) is 0 Å². The molecule has 0 aliphatic heterocycles. The standard InChI is InChI=1S/C12H18N2O/c1-8-4-5-11(15)7-12(8)14-10(3)6-9(2)13-14/h6,8,12H,4-5,7H2,1-3H3. The van der Waals surface area contributed by atoms with Crippen LogP contribution in [0.15, 0.2) is 6.07 Å². The van der Waals surface area contributed by atoms with Crippen molar-refractivity contribution in [3.63, 3.8) is 0 Å². The monoisotopic (exact) mass is 206 g/mol. The smallest absolute Gasteiger partial charge is 0.135 e. The summed E-state index contributed by atoms with van der Waals surface area (Å²) in [5, 5.41) is 4.48. The van der Waals surface area contributed by atoms with E-state index in [1.807, 2.05) is 11.6 Å². The number of ketones is 1. The number of aromatic nitrogens is 2. The van der Waals surface area contributed by atoms with E-state index < -0.39 is 0 Å². The van der Waals surface area contributed by atoms with Gasteiger partial charge < -0.3 is 0 Å². The Bertz CT molecular complexity index is 381. The molecule has 0 aromatic carbocycles. The Labute approximate surface area is 90.5 Å². The highest BCUT2D eigenvalue weighted by atomic mass is 16.1. The molecule has 1 fully saturated rings. The molecule has 0 spiro atoms. The van der Waals surface area contributed by atoms with Crippen molar-refractivity contribution in [1.82, 2.24) is 9.78 Å². The third kappa shape index (κ3) is 1.96. The van der Waals surface area contributed by atoms with E-state index in [0.717, 1.165) is 18.5 Å². The van der Waals surface area contributed by atoms with Gasteiger partial charge in [-0.15, -0.1) is 0 Å². The van der Waals surface area contributed by atoms with Crippen LogP contribution < -0.4 is 0 Å². The van der Waals surface area contributed by atoms with Crippen LogP contribution in [0.3, 0.4) is 0 Å². The molecule has 3 nitrogen and oxygen atoms in total. The van der Waals surface area contributed by atoms with Gasteiger partial charge in [0.1, 0.15) is 5.78 Å². The summed E-state index contributed by atoms with van der Waals surface area (Å²) in [5.74, 6) is 0.936. The molecule has 15 heavy (non-hydrogen) atoms. The molecule has 0 N–H and O–H groups in total. The molecule has 2 atom stereocenters. The minimum absolute atomic E-state index is 0.278. The van der Waals surface area contributed by atoms with Gasteiger partial charge in [-0.25, -0.2) is 0 Å². The number of carbonyl (C=O) groups excluding carboxylic acids is 1. The Morgan fingerprint density at radius 2 is 2.20 bits per heavy atom. The highest BCUT2D eigenvalue weighted by Gasteiger charge is 2.28. The lowest BCUT2D eigenvalue weighted by Gasteiger charge is -2.29. The second kappa shape index (κ2) is 3.80. The largest absolute Gasteiger partial charge is 0.300 e. The Morgan fingerprint density at radius 1 is 1.47 bits per heavy atom. The van der Waals surface area contributed by atoms with E-state index in [4.69, 9.17) is 0 Å². The molecule has 2 rings (SSSR count). The molecule has 0 bridgehead atoms. The molecule has 1 aliphatic rings. The number of carbonyl (C=O) groups is 1. The van der Waals surface area contributed by atoms with E-state index in [2.05, 4.69) is 25.0 Å². The molecular formula is C12H18N2O. The van der Waals surface area contributed by atoms with Crippen molar-refractivity contribution in [3.8, 4) is 0 Å². The second-order valence-corrected chi connectivity index (χ2v) is 4.70. The Morgan fingerprint density at radius 3 is 2.80 bits per heavy atom. The van der Waals surface area contributed by atoms with Crippen LogP contribution >= 0.6 is 0 Å². The van der Waals surface area contributed by atoms with Crippen LogP contribution in [-0.4, -0.2) is 15.6 Å². The summed E-state index contributed by atoms with van der Waals surface area (Å²) in [5.41, 5.74) is 2.21. The zero-order chi connectivity index (χ0) is 11.0. The Kier molecular flexibility index (Phi) is 2.63. The number of hydrogen-bond donors (Lipinski definition) is 0. The van der Waals surface area contributed by atoms with Crippen molar-refractivity contribution in [1.29, 1.82) is 0 Å². The van der Waals surface area contributed by atoms with Gasteiger partial charge in [-0.05, 0) is 32.3 Å². The lowest BCUT2D eigenvalue weighted by molar-refractivity contribution is -0.122. The van der Waals surface area contributed by atoms with E-state index in [-0.39, 0.29) is 6.04 Å². The summed E-state index contributed by atoms with van der Waals surface area (Å²) < 4.78 is 2.04. The number of Topliss-reactive ketones (excluding diaryl/α,β-unsaturated/α-hetero) is 1. The first-order valence-electron chi connectivity index (χ1n) is 5.62. The number of nitrogens with zero attached hydrogens (tertiary/aromatic N) is 2. The summed E-state index contributed by atoms with van der Waals surface area (Å²) in [4.78, 5) is 11.5. The Hall–Kier alpha value is -1.12. The molecular weight excluding hydrogens is 188 g/mol. The predicted molar refractivity (Wildman–Crippen MR) is 58.8 cm³/mol. The fraction of sp³-hybridized carbons (Fsp3) is 0.667. The van der Waals surface area contributed by atoms with Crippen LogP contribution in [0.2, 0.25) is 0 Å². The van der Waals surface area contributed by atoms with Crippen LogP contribution in [0, 0.1) is 19.8 Å². The van der Waals surface area contributed by atoms with Gasteiger partial charge in [0.25, 0.3) is 0 Å². The van der Waals surface area contributed by atoms with Crippen LogP contribution in [0.25, 0.3) is 0 Å². The normalized spacial score (nSPS) is 27.0. The molecule has 82 valence electrons. The third-order valence-corrected chi connectivity index (χ3v) is 3.33. The minimum atomic E-state index is 0.278. The second-order valence-electron chi connectivity index (χ2n) is 4.70.